The van der Waals surface area contributed by atoms with Crippen molar-refractivity contribution in [3.63, 3.8) is 0 Å². The Morgan fingerprint density at radius 3 is 2.89 bits per heavy atom. The number of benzene rings is 1. The van der Waals surface area contributed by atoms with Crippen LogP contribution in [0.2, 0.25) is 0 Å². The van der Waals surface area contributed by atoms with E-state index in [9.17, 15) is 9.90 Å². The van der Waals surface area contributed by atoms with Crippen LogP contribution in [0.4, 0.5) is 5.95 Å². The molecule has 98 valence electrons. The third kappa shape index (κ3) is 1.58. The number of para-hydroxylation sites is 1. The zero-order valence-electron chi connectivity index (χ0n) is 10.5. The monoisotopic (exact) mass is 257 g/mol. The summed E-state index contributed by atoms with van der Waals surface area (Å²) in [7, 11) is 0. The van der Waals surface area contributed by atoms with Crippen molar-refractivity contribution in [3.8, 4) is 0 Å². The van der Waals surface area contributed by atoms with E-state index in [1.165, 1.54) is 0 Å². The Balaban J connectivity index is 1.78. The second-order valence-corrected chi connectivity index (χ2v) is 5.67. The van der Waals surface area contributed by atoms with Gasteiger partial charge in [-0.2, -0.15) is 0 Å². The summed E-state index contributed by atoms with van der Waals surface area (Å²) in [6, 6.07) is 7.32. The van der Waals surface area contributed by atoms with Gasteiger partial charge in [0.15, 0.2) is 0 Å². The summed E-state index contributed by atoms with van der Waals surface area (Å²) in [5.74, 6) is 0.575. The van der Waals surface area contributed by atoms with Crippen molar-refractivity contribution >= 4 is 16.9 Å². The Hall–Kier alpha value is -1.88. The van der Waals surface area contributed by atoms with Crippen molar-refractivity contribution in [1.82, 2.24) is 9.97 Å². The van der Waals surface area contributed by atoms with E-state index >= 15 is 0 Å². The van der Waals surface area contributed by atoms with Crippen LogP contribution in [0.5, 0.6) is 0 Å². The first-order chi connectivity index (χ1) is 9.18. The van der Waals surface area contributed by atoms with Crippen LogP contribution in [0, 0.1) is 5.41 Å². The highest BCUT2D eigenvalue weighted by molar-refractivity contribution is 5.78. The Bertz CT molecular complexity index is 705. The molecule has 0 amide bonds. The number of anilines is 1. The average molecular weight is 257 g/mol. The smallest absolute Gasteiger partial charge is 0.260 e. The third-order valence-electron chi connectivity index (χ3n) is 4.40. The lowest BCUT2D eigenvalue weighted by atomic mass is 10.0. The Morgan fingerprint density at radius 1 is 1.37 bits per heavy atom. The first kappa shape index (κ1) is 11.0. The van der Waals surface area contributed by atoms with Gasteiger partial charge >= 0.3 is 0 Å². The van der Waals surface area contributed by atoms with E-state index in [1.807, 2.05) is 23.1 Å². The van der Waals surface area contributed by atoms with E-state index in [0.29, 0.717) is 23.4 Å². The fourth-order valence-electron chi connectivity index (χ4n) is 2.99. The molecule has 1 aromatic heterocycles. The predicted molar refractivity (Wildman–Crippen MR) is 72.3 cm³/mol. The highest BCUT2D eigenvalue weighted by Crippen LogP contribution is 2.53. The lowest BCUT2D eigenvalue weighted by molar-refractivity contribution is 0.136. The molecule has 5 nitrogen and oxygen atoms in total. The topological polar surface area (TPSA) is 69.2 Å². The van der Waals surface area contributed by atoms with Gasteiger partial charge in [-0.05, 0) is 25.0 Å². The molecule has 1 atom stereocenters. The van der Waals surface area contributed by atoms with Gasteiger partial charge < -0.3 is 10.0 Å². The number of aliphatic hydroxyl groups excluding tert-OH is 1. The van der Waals surface area contributed by atoms with E-state index < -0.39 is 0 Å². The Morgan fingerprint density at radius 2 is 2.16 bits per heavy atom. The number of fused-ring (bicyclic) bond motifs is 1. The van der Waals surface area contributed by atoms with E-state index in [-0.39, 0.29) is 17.1 Å². The normalized spacial score (nSPS) is 24.3. The molecule has 2 aliphatic rings. The molecule has 1 aliphatic heterocycles. The highest BCUT2D eigenvalue weighted by Gasteiger charge is 2.55. The maximum Gasteiger partial charge on any atom is 0.260 e. The summed E-state index contributed by atoms with van der Waals surface area (Å²) in [5, 5.41) is 10.7. The fourth-order valence-corrected chi connectivity index (χ4v) is 2.99. The molecule has 4 rings (SSSR count). The summed E-state index contributed by atoms with van der Waals surface area (Å²) in [6.45, 7) is 1.34. The minimum atomic E-state index is -0.302. The van der Waals surface area contributed by atoms with Crippen LogP contribution in [0.25, 0.3) is 10.9 Å². The molecule has 0 radical (unpaired) electrons. The molecule has 1 saturated carbocycles. The Kier molecular flexibility index (Phi) is 2.07. The minimum absolute atomic E-state index is 0.0597. The molecule has 0 bridgehead atoms. The fraction of sp³-hybridized carbons (Fsp3) is 0.429. The highest BCUT2D eigenvalue weighted by atomic mass is 16.3. The zero-order chi connectivity index (χ0) is 13.0. The first-order valence-corrected chi connectivity index (χ1v) is 6.60. The molecule has 1 spiro atoms. The molecule has 19 heavy (non-hydrogen) atoms. The van der Waals surface area contributed by atoms with Gasteiger partial charge in [-0.3, -0.25) is 9.78 Å². The Labute approximate surface area is 109 Å². The van der Waals surface area contributed by atoms with Crippen LogP contribution in [0.15, 0.2) is 29.1 Å². The number of hydrogen-bond acceptors (Lipinski definition) is 4. The number of nitrogens with one attached hydrogen (secondary N) is 1. The molecule has 1 unspecified atom stereocenters. The van der Waals surface area contributed by atoms with Crippen LogP contribution in [-0.2, 0) is 0 Å². The maximum atomic E-state index is 12.0. The predicted octanol–water partition coefficient (Wildman–Crippen LogP) is 0.884. The van der Waals surface area contributed by atoms with E-state index in [0.717, 1.165) is 19.4 Å². The van der Waals surface area contributed by atoms with E-state index in [1.54, 1.807) is 6.07 Å². The number of aromatic nitrogens is 2. The summed E-state index contributed by atoms with van der Waals surface area (Å²) in [6.07, 6.45) is 1.84. The standard InChI is InChI=1S/C14H15N3O2/c18-11-7-17(8-14(11)5-6-14)13-15-10-4-2-1-3-9(10)12(19)16-13/h1-4,11,18H,5-8H2,(H,15,16,19). The van der Waals surface area contributed by atoms with Gasteiger partial charge in [0, 0.05) is 18.5 Å². The molecule has 1 aromatic carbocycles. The number of hydrogen-bond donors (Lipinski definition) is 2. The first-order valence-electron chi connectivity index (χ1n) is 6.60. The molecule has 2 N–H and O–H groups in total. The number of rotatable bonds is 1. The zero-order valence-corrected chi connectivity index (χ0v) is 10.5. The second-order valence-electron chi connectivity index (χ2n) is 5.67. The SMILES string of the molecule is O=c1[nH]c(N2CC(O)C3(CC3)C2)nc2ccccc12. The summed E-state index contributed by atoms with van der Waals surface area (Å²) >= 11 is 0. The number of β-amino-alcohol motifs (C(OH)–C–C–N with tert-alkyl or cyclic N) is 1. The minimum Gasteiger partial charge on any atom is -0.391 e. The molecule has 1 aliphatic carbocycles. The largest absolute Gasteiger partial charge is 0.391 e. The maximum absolute atomic E-state index is 12.0. The van der Waals surface area contributed by atoms with Crippen LogP contribution in [0.1, 0.15) is 12.8 Å². The van der Waals surface area contributed by atoms with Gasteiger partial charge in [0.05, 0.1) is 17.0 Å². The lowest BCUT2D eigenvalue weighted by Gasteiger charge is -2.16. The van der Waals surface area contributed by atoms with Crippen molar-refractivity contribution in [3.05, 3.63) is 34.6 Å². The van der Waals surface area contributed by atoms with Crippen molar-refractivity contribution < 1.29 is 5.11 Å². The number of H-pyrrole nitrogens is 1. The van der Waals surface area contributed by atoms with Gasteiger partial charge in [0.2, 0.25) is 5.95 Å². The van der Waals surface area contributed by atoms with Gasteiger partial charge in [-0.25, -0.2) is 4.98 Å². The molecule has 5 heteroatoms. The van der Waals surface area contributed by atoms with Crippen LogP contribution in [-0.4, -0.2) is 34.3 Å². The average Bonchev–Trinajstić information content (AvgIpc) is 3.11. The molecule has 1 saturated heterocycles. The number of nitrogens with zero attached hydrogens (tertiary/aromatic N) is 2. The van der Waals surface area contributed by atoms with Gasteiger partial charge in [0.25, 0.3) is 5.56 Å². The van der Waals surface area contributed by atoms with Gasteiger partial charge in [-0.15, -0.1) is 0 Å². The molecular formula is C14H15N3O2. The van der Waals surface area contributed by atoms with Crippen LogP contribution >= 0.6 is 0 Å². The van der Waals surface area contributed by atoms with E-state index in [4.69, 9.17) is 0 Å². The number of aliphatic hydroxyl groups is 1. The summed E-state index contributed by atoms with van der Waals surface area (Å²) in [4.78, 5) is 21.4. The van der Waals surface area contributed by atoms with Crippen molar-refractivity contribution in [1.29, 1.82) is 0 Å². The summed E-state index contributed by atoms with van der Waals surface area (Å²) in [5.41, 5.74) is 0.642. The van der Waals surface area contributed by atoms with Gasteiger partial charge in [-0.1, -0.05) is 12.1 Å². The van der Waals surface area contributed by atoms with Crippen molar-refractivity contribution in [2.24, 2.45) is 5.41 Å². The number of aromatic amines is 1. The molecule has 2 aromatic rings. The van der Waals surface area contributed by atoms with Crippen LogP contribution in [0.3, 0.4) is 0 Å². The molecule has 2 fully saturated rings. The van der Waals surface area contributed by atoms with Gasteiger partial charge in [0.1, 0.15) is 0 Å². The second kappa shape index (κ2) is 3.57. The van der Waals surface area contributed by atoms with Crippen molar-refractivity contribution in [2.45, 2.75) is 18.9 Å². The molecular weight excluding hydrogens is 242 g/mol. The van der Waals surface area contributed by atoms with E-state index in [2.05, 4.69) is 9.97 Å². The quantitative estimate of drug-likeness (QED) is 0.796. The van der Waals surface area contributed by atoms with Crippen molar-refractivity contribution in [2.75, 3.05) is 18.0 Å². The lowest BCUT2D eigenvalue weighted by Crippen LogP contribution is -2.26. The molecule has 2 heterocycles. The summed E-state index contributed by atoms with van der Waals surface area (Å²) < 4.78 is 0. The third-order valence-corrected chi connectivity index (χ3v) is 4.40. The van der Waals surface area contributed by atoms with Crippen LogP contribution < -0.4 is 10.5 Å².